The number of rotatable bonds is 5. The maximum atomic E-state index is 12.2. The van der Waals surface area contributed by atoms with Crippen molar-refractivity contribution < 1.29 is 34.0 Å². The van der Waals surface area contributed by atoms with E-state index in [1.165, 1.54) is 0 Å². The van der Waals surface area contributed by atoms with Gasteiger partial charge in [-0.2, -0.15) is 0 Å². The van der Waals surface area contributed by atoms with E-state index in [2.05, 4.69) is 0 Å². The Balaban J connectivity index is 1.63. The highest BCUT2D eigenvalue weighted by molar-refractivity contribution is 5.90. The fourth-order valence-electron chi connectivity index (χ4n) is 2.58. The van der Waals surface area contributed by atoms with Crippen molar-refractivity contribution in [3.05, 3.63) is 71.8 Å². The van der Waals surface area contributed by atoms with Crippen LogP contribution >= 0.6 is 0 Å². The van der Waals surface area contributed by atoms with E-state index in [4.69, 9.17) is 14.2 Å². The Morgan fingerprint density at radius 2 is 1.42 bits per heavy atom. The normalized spacial score (nSPS) is 24.8. The van der Waals surface area contributed by atoms with Crippen LogP contribution < -0.4 is 0 Å². The predicted octanol–water partition coefficient (Wildman–Crippen LogP) is 1.15. The average molecular weight is 358 g/mol. The zero-order chi connectivity index (χ0) is 18.5. The van der Waals surface area contributed by atoms with Gasteiger partial charge in [0, 0.05) is 0 Å². The monoisotopic (exact) mass is 358 g/mol. The summed E-state index contributed by atoms with van der Waals surface area (Å²) in [6, 6.07) is 16.6. The number of esters is 2. The molecule has 7 heteroatoms. The molecule has 1 unspecified atom stereocenters. The Labute approximate surface area is 149 Å². The van der Waals surface area contributed by atoms with Crippen molar-refractivity contribution in [3.8, 4) is 0 Å². The largest absolute Gasteiger partial charge is 0.459 e. The van der Waals surface area contributed by atoms with E-state index in [9.17, 15) is 19.8 Å². The van der Waals surface area contributed by atoms with Gasteiger partial charge < -0.3 is 24.4 Å². The molecule has 0 aromatic heterocycles. The van der Waals surface area contributed by atoms with Gasteiger partial charge in [0.1, 0.15) is 18.8 Å². The number of aliphatic hydroxyl groups is 2. The van der Waals surface area contributed by atoms with E-state index in [1.807, 2.05) is 0 Å². The van der Waals surface area contributed by atoms with Gasteiger partial charge in [0.15, 0.2) is 12.4 Å². The van der Waals surface area contributed by atoms with Crippen LogP contribution in [0.4, 0.5) is 0 Å². The van der Waals surface area contributed by atoms with Gasteiger partial charge in [-0.3, -0.25) is 0 Å². The lowest BCUT2D eigenvalue weighted by molar-refractivity contribution is -0.133. The van der Waals surface area contributed by atoms with E-state index in [1.54, 1.807) is 60.7 Å². The molecule has 1 heterocycles. The third-order valence-electron chi connectivity index (χ3n) is 3.95. The van der Waals surface area contributed by atoms with Crippen molar-refractivity contribution in [1.29, 1.82) is 0 Å². The number of aliphatic hydroxyl groups excluding tert-OH is 2. The number of ether oxygens (including phenoxy) is 3. The third-order valence-corrected chi connectivity index (χ3v) is 3.95. The Kier molecular flexibility index (Phi) is 5.62. The lowest BCUT2D eigenvalue weighted by Crippen LogP contribution is -2.39. The molecule has 26 heavy (non-hydrogen) atoms. The lowest BCUT2D eigenvalue weighted by Gasteiger charge is -2.20. The molecule has 1 fully saturated rings. The van der Waals surface area contributed by atoms with Crippen molar-refractivity contribution in [2.75, 3.05) is 6.61 Å². The van der Waals surface area contributed by atoms with Crippen LogP contribution in [0.3, 0.4) is 0 Å². The summed E-state index contributed by atoms with van der Waals surface area (Å²) in [5, 5.41) is 19.7. The number of benzene rings is 2. The van der Waals surface area contributed by atoms with Crippen molar-refractivity contribution in [2.45, 2.75) is 24.6 Å². The van der Waals surface area contributed by atoms with Crippen LogP contribution in [0.1, 0.15) is 20.7 Å². The summed E-state index contributed by atoms with van der Waals surface area (Å²) < 4.78 is 15.6. The molecule has 0 aliphatic carbocycles. The minimum Gasteiger partial charge on any atom is -0.459 e. The second-order valence-electron chi connectivity index (χ2n) is 5.76. The molecule has 2 N–H and O–H groups in total. The summed E-state index contributed by atoms with van der Waals surface area (Å²) in [4.78, 5) is 24.2. The summed E-state index contributed by atoms with van der Waals surface area (Å²) in [5.74, 6) is -1.26. The second kappa shape index (κ2) is 8.09. The van der Waals surface area contributed by atoms with Crippen LogP contribution in [0.15, 0.2) is 60.7 Å². The molecule has 136 valence electrons. The maximum absolute atomic E-state index is 12.2. The molecule has 3 rings (SSSR count). The maximum Gasteiger partial charge on any atom is 0.338 e. The number of hydrogen-bond acceptors (Lipinski definition) is 7. The molecule has 1 aliphatic heterocycles. The molecule has 1 saturated heterocycles. The quantitative estimate of drug-likeness (QED) is 0.773. The van der Waals surface area contributed by atoms with Gasteiger partial charge in [-0.05, 0) is 24.3 Å². The molecule has 0 saturated carbocycles. The minimum atomic E-state index is -1.54. The first-order valence-corrected chi connectivity index (χ1v) is 8.06. The fourth-order valence-corrected chi connectivity index (χ4v) is 2.58. The van der Waals surface area contributed by atoms with Crippen molar-refractivity contribution >= 4 is 11.9 Å². The Hall–Kier alpha value is -2.74. The van der Waals surface area contributed by atoms with Crippen LogP contribution in [0.2, 0.25) is 0 Å². The SMILES string of the molecule is O=C(OC[C@@H]1OC(O)[C@H](O)[C@H]1OC(=O)c1ccccc1)c1ccccc1. The van der Waals surface area contributed by atoms with Crippen LogP contribution in [0, 0.1) is 0 Å². The van der Waals surface area contributed by atoms with Gasteiger partial charge in [0.25, 0.3) is 0 Å². The van der Waals surface area contributed by atoms with E-state index in [-0.39, 0.29) is 6.61 Å². The Morgan fingerprint density at radius 1 is 0.885 bits per heavy atom. The van der Waals surface area contributed by atoms with E-state index in [0.717, 1.165) is 0 Å². The zero-order valence-corrected chi connectivity index (χ0v) is 13.7. The molecule has 0 bridgehead atoms. The summed E-state index contributed by atoms with van der Waals surface area (Å²) >= 11 is 0. The molecule has 2 aromatic rings. The van der Waals surface area contributed by atoms with Crippen LogP contribution in [-0.2, 0) is 14.2 Å². The molecule has 1 aliphatic rings. The third kappa shape index (κ3) is 4.08. The molecule has 0 amide bonds. The Bertz CT molecular complexity index is 747. The van der Waals surface area contributed by atoms with Gasteiger partial charge in [-0.25, -0.2) is 9.59 Å². The number of carbonyl (C=O) groups is 2. The summed E-state index contributed by atoms with van der Waals surface area (Å²) in [6.45, 7) is -0.283. The average Bonchev–Trinajstić information content (AvgIpc) is 2.95. The lowest BCUT2D eigenvalue weighted by atomic mass is 10.1. The number of hydrogen-bond donors (Lipinski definition) is 2. The van der Waals surface area contributed by atoms with Crippen molar-refractivity contribution in [1.82, 2.24) is 0 Å². The fraction of sp³-hybridized carbons (Fsp3) is 0.263. The van der Waals surface area contributed by atoms with Gasteiger partial charge in [-0.1, -0.05) is 36.4 Å². The topological polar surface area (TPSA) is 102 Å². The first-order valence-electron chi connectivity index (χ1n) is 8.06. The highest BCUT2D eigenvalue weighted by atomic mass is 16.7. The van der Waals surface area contributed by atoms with Gasteiger partial charge in [0.05, 0.1) is 11.1 Å². The van der Waals surface area contributed by atoms with E-state index >= 15 is 0 Å². The summed E-state index contributed by atoms with van der Waals surface area (Å²) in [5.41, 5.74) is 0.644. The standard InChI is InChI=1S/C19H18O7/c20-15-16(26-18(22)13-9-5-2-6-10-13)14(25-19(15)23)11-24-17(21)12-7-3-1-4-8-12/h1-10,14-16,19-20,23H,11H2/t14-,15+,16-,19?/m0/s1. The summed E-state index contributed by atoms with van der Waals surface area (Å²) in [6.07, 6.45) is -5.13. The van der Waals surface area contributed by atoms with Gasteiger partial charge >= 0.3 is 11.9 Å². The zero-order valence-electron chi connectivity index (χ0n) is 13.7. The Morgan fingerprint density at radius 3 is 2.00 bits per heavy atom. The molecular formula is C19H18O7. The van der Waals surface area contributed by atoms with Crippen molar-refractivity contribution in [2.24, 2.45) is 0 Å². The first-order chi connectivity index (χ1) is 12.6. The highest BCUT2D eigenvalue weighted by Crippen LogP contribution is 2.24. The second-order valence-corrected chi connectivity index (χ2v) is 5.76. The van der Waals surface area contributed by atoms with Crippen LogP contribution in [0.25, 0.3) is 0 Å². The number of carbonyl (C=O) groups excluding carboxylic acids is 2. The van der Waals surface area contributed by atoms with Gasteiger partial charge in [0.2, 0.25) is 0 Å². The summed E-state index contributed by atoms with van der Waals surface area (Å²) in [7, 11) is 0. The molecule has 2 aromatic carbocycles. The van der Waals surface area contributed by atoms with Gasteiger partial charge in [-0.15, -0.1) is 0 Å². The smallest absolute Gasteiger partial charge is 0.338 e. The molecule has 4 atom stereocenters. The molecular weight excluding hydrogens is 340 g/mol. The predicted molar refractivity (Wildman–Crippen MR) is 89.3 cm³/mol. The molecule has 7 nitrogen and oxygen atoms in total. The molecule has 0 radical (unpaired) electrons. The van der Waals surface area contributed by atoms with Crippen LogP contribution in [0.5, 0.6) is 0 Å². The van der Waals surface area contributed by atoms with E-state index < -0.39 is 36.5 Å². The van der Waals surface area contributed by atoms with E-state index in [0.29, 0.717) is 11.1 Å². The van der Waals surface area contributed by atoms with Crippen molar-refractivity contribution in [3.63, 3.8) is 0 Å². The highest BCUT2D eigenvalue weighted by Gasteiger charge is 2.46. The van der Waals surface area contributed by atoms with Crippen LogP contribution in [-0.4, -0.2) is 53.4 Å². The minimum absolute atomic E-state index is 0.283. The molecule has 0 spiro atoms. The first kappa shape index (κ1) is 18.1.